The summed E-state index contributed by atoms with van der Waals surface area (Å²) in [6, 6.07) is 4.81. The number of benzene rings is 1. The molecule has 2 rings (SSSR count). The van der Waals surface area contributed by atoms with Crippen LogP contribution in [0.15, 0.2) is 18.2 Å². The fraction of sp³-hybridized carbons (Fsp3) is 0.600. The molecule has 1 saturated carbocycles. The van der Waals surface area contributed by atoms with E-state index in [-0.39, 0.29) is 11.9 Å². The van der Waals surface area contributed by atoms with Crippen LogP contribution in [-0.2, 0) is 0 Å². The molecule has 0 aliphatic heterocycles. The number of halogens is 2. The Labute approximate surface area is 114 Å². The maximum atomic E-state index is 13.4. The minimum atomic E-state index is -0.210. The van der Waals surface area contributed by atoms with Crippen molar-refractivity contribution in [3.63, 3.8) is 0 Å². The Morgan fingerprint density at radius 2 is 2.17 bits per heavy atom. The lowest BCUT2D eigenvalue weighted by Crippen LogP contribution is -2.29. The molecule has 0 saturated heterocycles. The fourth-order valence-corrected chi connectivity index (χ4v) is 3.42. The average Bonchev–Trinajstić information content (AvgIpc) is 2.35. The van der Waals surface area contributed by atoms with Crippen LogP contribution in [0.4, 0.5) is 4.39 Å². The van der Waals surface area contributed by atoms with E-state index < -0.39 is 0 Å². The van der Waals surface area contributed by atoms with Gasteiger partial charge in [-0.15, -0.1) is 0 Å². The zero-order valence-electron chi connectivity index (χ0n) is 11.0. The summed E-state index contributed by atoms with van der Waals surface area (Å²) in [6.07, 6.45) is 4.96. The van der Waals surface area contributed by atoms with Crippen molar-refractivity contribution >= 4 is 11.6 Å². The summed E-state index contributed by atoms with van der Waals surface area (Å²) in [5, 5.41) is 3.99. The van der Waals surface area contributed by atoms with E-state index in [1.807, 2.05) is 7.05 Å². The molecule has 0 amide bonds. The number of hydrogen-bond acceptors (Lipinski definition) is 1. The van der Waals surface area contributed by atoms with Crippen molar-refractivity contribution in [2.24, 2.45) is 11.8 Å². The molecular formula is C15H21ClFN. The van der Waals surface area contributed by atoms with Crippen LogP contribution in [0.2, 0.25) is 5.02 Å². The molecule has 1 aliphatic rings. The van der Waals surface area contributed by atoms with E-state index in [0.717, 1.165) is 11.5 Å². The van der Waals surface area contributed by atoms with Crippen molar-refractivity contribution in [2.45, 2.75) is 38.6 Å². The molecule has 1 aromatic carbocycles. The maximum Gasteiger partial charge on any atom is 0.123 e. The lowest BCUT2D eigenvalue weighted by atomic mass is 9.76. The van der Waals surface area contributed by atoms with Crippen LogP contribution in [0.25, 0.3) is 0 Å². The van der Waals surface area contributed by atoms with Crippen molar-refractivity contribution in [3.8, 4) is 0 Å². The Balaban J connectivity index is 2.24. The lowest BCUT2D eigenvalue weighted by molar-refractivity contribution is 0.230. The summed E-state index contributed by atoms with van der Waals surface area (Å²) < 4.78 is 13.4. The molecule has 3 heteroatoms. The normalized spacial score (nSPS) is 26.0. The summed E-state index contributed by atoms with van der Waals surface area (Å²) in [6.45, 7) is 2.30. The third kappa shape index (κ3) is 3.04. The van der Waals surface area contributed by atoms with Crippen LogP contribution < -0.4 is 5.32 Å². The standard InChI is InChI=1S/C15H21ClFN/c1-10-4-3-5-11(8-10)15(18-2)13-9-12(17)6-7-14(13)16/h6-7,9-11,15,18H,3-5,8H2,1-2H3. The Hall–Kier alpha value is -0.600. The zero-order valence-corrected chi connectivity index (χ0v) is 11.8. The highest BCUT2D eigenvalue weighted by Crippen LogP contribution is 2.39. The zero-order chi connectivity index (χ0) is 13.1. The third-order valence-corrected chi connectivity index (χ3v) is 4.40. The van der Waals surface area contributed by atoms with Gasteiger partial charge in [-0.05, 0) is 55.5 Å². The van der Waals surface area contributed by atoms with Crippen LogP contribution in [0, 0.1) is 17.7 Å². The van der Waals surface area contributed by atoms with Gasteiger partial charge >= 0.3 is 0 Å². The summed E-state index contributed by atoms with van der Waals surface area (Å²) in [5.74, 6) is 1.10. The van der Waals surface area contributed by atoms with Gasteiger partial charge in [0, 0.05) is 11.1 Å². The van der Waals surface area contributed by atoms with Crippen molar-refractivity contribution in [1.82, 2.24) is 5.32 Å². The van der Waals surface area contributed by atoms with E-state index in [1.54, 1.807) is 12.1 Å². The SMILES string of the molecule is CNC(c1cc(F)ccc1Cl)C1CCCC(C)C1. The molecule has 1 fully saturated rings. The molecule has 0 aromatic heterocycles. The summed E-state index contributed by atoms with van der Waals surface area (Å²) in [7, 11) is 1.94. The van der Waals surface area contributed by atoms with Gasteiger partial charge in [-0.1, -0.05) is 31.4 Å². The first-order chi connectivity index (χ1) is 8.61. The Kier molecular flexibility index (Phi) is 4.63. The molecule has 1 nitrogen and oxygen atoms in total. The maximum absolute atomic E-state index is 13.4. The first-order valence-corrected chi connectivity index (χ1v) is 7.11. The van der Waals surface area contributed by atoms with E-state index in [9.17, 15) is 4.39 Å². The molecule has 3 atom stereocenters. The molecule has 3 unspecified atom stereocenters. The van der Waals surface area contributed by atoms with Crippen molar-refractivity contribution < 1.29 is 4.39 Å². The molecule has 1 aliphatic carbocycles. The Bertz CT molecular complexity index is 407. The highest BCUT2D eigenvalue weighted by molar-refractivity contribution is 6.31. The van der Waals surface area contributed by atoms with Gasteiger partial charge in [0.2, 0.25) is 0 Å². The van der Waals surface area contributed by atoms with Gasteiger partial charge in [0.05, 0.1) is 0 Å². The second-order valence-corrected chi connectivity index (χ2v) is 5.87. The summed E-state index contributed by atoms with van der Waals surface area (Å²) in [4.78, 5) is 0. The van der Waals surface area contributed by atoms with Gasteiger partial charge in [0.1, 0.15) is 5.82 Å². The van der Waals surface area contributed by atoms with Gasteiger partial charge in [-0.2, -0.15) is 0 Å². The van der Waals surface area contributed by atoms with Gasteiger partial charge in [-0.3, -0.25) is 0 Å². The van der Waals surface area contributed by atoms with E-state index in [1.165, 1.54) is 31.7 Å². The van der Waals surface area contributed by atoms with Crippen LogP contribution in [0.3, 0.4) is 0 Å². The second-order valence-electron chi connectivity index (χ2n) is 5.46. The van der Waals surface area contributed by atoms with Crippen LogP contribution in [0.5, 0.6) is 0 Å². The monoisotopic (exact) mass is 269 g/mol. The lowest BCUT2D eigenvalue weighted by Gasteiger charge is -2.33. The molecule has 0 bridgehead atoms. The molecule has 100 valence electrons. The first-order valence-electron chi connectivity index (χ1n) is 6.74. The Morgan fingerprint density at radius 1 is 1.39 bits per heavy atom. The van der Waals surface area contributed by atoms with Gasteiger partial charge in [-0.25, -0.2) is 4.39 Å². The van der Waals surface area contributed by atoms with E-state index >= 15 is 0 Å². The molecule has 18 heavy (non-hydrogen) atoms. The van der Waals surface area contributed by atoms with Crippen LogP contribution in [0.1, 0.15) is 44.2 Å². The number of nitrogens with one attached hydrogen (secondary N) is 1. The third-order valence-electron chi connectivity index (χ3n) is 4.05. The van der Waals surface area contributed by atoms with Gasteiger partial charge in [0.15, 0.2) is 0 Å². The quantitative estimate of drug-likeness (QED) is 0.848. The average molecular weight is 270 g/mol. The molecule has 0 heterocycles. The summed E-state index contributed by atoms with van der Waals surface area (Å²) >= 11 is 6.22. The second kappa shape index (κ2) is 6.03. The minimum Gasteiger partial charge on any atom is -0.313 e. The molecule has 1 aromatic rings. The first kappa shape index (κ1) is 13.8. The van der Waals surface area contributed by atoms with Crippen molar-refractivity contribution in [3.05, 3.63) is 34.6 Å². The minimum absolute atomic E-state index is 0.163. The van der Waals surface area contributed by atoms with Crippen LogP contribution in [-0.4, -0.2) is 7.05 Å². The number of rotatable bonds is 3. The Morgan fingerprint density at radius 3 is 2.83 bits per heavy atom. The molecule has 0 spiro atoms. The molecule has 0 radical (unpaired) electrons. The van der Waals surface area contributed by atoms with E-state index in [4.69, 9.17) is 11.6 Å². The largest absolute Gasteiger partial charge is 0.313 e. The topological polar surface area (TPSA) is 12.0 Å². The fourth-order valence-electron chi connectivity index (χ4n) is 3.18. The predicted molar refractivity (Wildman–Crippen MR) is 74.3 cm³/mol. The number of hydrogen-bond donors (Lipinski definition) is 1. The van der Waals surface area contributed by atoms with Crippen molar-refractivity contribution in [2.75, 3.05) is 7.05 Å². The van der Waals surface area contributed by atoms with Gasteiger partial charge < -0.3 is 5.32 Å². The highest BCUT2D eigenvalue weighted by Gasteiger charge is 2.28. The highest BCUT2D eigenvalue weighted by atomic mass is 35.5. The van der Waals surface area contributed by atoms with E-state index in [0.29, 0.717) is 10.9 Å². The predicted octanol–water partition coefficient (Wildman–Crippen LogP) is 4.57. The summed E-state index contributed by atoms with van der Waals surface area (Å²) in [5.41, 5.74) is 0.901. The van der Waals surface area contributed by atoms with Gasteiger partial charge in [0.25, 0.3) is 0 Å². The smallest absolute Gasteiger partial charge is 0.123 e. The van der Waals surface area contributed by atoms with Crippen molar-refractivity contribution in [1.29, 1.82) is 0 Å². The molecular weight excluding hydrogens is 249 g/mol. The molecule has 1 N–H and O–H groups in total. The van der Waals surface area contributed by atoms with E-state index in [2.05, 4.69) is 12.2 Å². The van der Waals surface area contributed by atoms with Crippen LogP contribution >= 0.6 is 11.6 Å².